The second-order valence-electron chi connectivity index (χ2n) is 5.95. The van der Waals surface area contributed by atoms with Gasteiger partial charge in [-0.3, -0.25) is 9.59 Å². The minimum atomic E-state index is -1.10. The van der Waals surface area contributed by atoms with Crippen LogP contribution < -0.4 is 14.4 Å². The summed E-state index contributed by atoms with van der Waals surface area (Å²) in [7, 11) is 1.43. The fourth-order valence-electron chi connectivity index (χ4n) is 2.57. The van der Waals surface area contributed by atoms with Gasteiger partial charge in [0.15, 0.2) is 18.1 Å². The third-order valence-electron chi connectivity index (χ3n) is 3.92. The number of thioether (sulfide) groups is 1. The topological polar surface area (TPSA) is 93.1 Å². The average Bonchev–Trinajstić information content (AvgIpc) is 2.94. The number of aliphatic carboxylic acids is 1. The van der Waals surface area contributed by atoms with Crippen LogP contribution in [0.4, 0.5) is 10.5 Å². The van der Waals surface area contributed by atoms with E-state index in [2.05, 4.69) is 0 Å². The summed E-state index contributed by atoms with van der Waals surface area (Å²) in [5.74, 6) is -0.900. The summed E-state index contributed by atoms with van der Waals surface area (Å²) in [5, 5.41) is 8.35. The summed E-state index contributed by atoms with van der Waals surface area (Å²) < 4.78 is 10.4. The molecule has 2 aromatic rings. The van der Waals surface area contributed by atoms with Crippen molar-refractivity contribution in [1.29, 1.82) is 0 Å². The molecule has 0 aromatic heterocycles. The lowest BCUT2D eigenvalue weighted by atomic mass is 10.1. The second kappa shape index (κ2) is 8.18. The minimum absolute atomic E-state index is 0.273. The van der Waals surface area contributed by atoms with E-state index in [9.17, 15) is 14.4 Å². The maximum absolute atomic E-state index is 12.7. The number of methoxy groups -OCH3 is 1. The monoisotopic (exact) mass is 399 g/mol. The largest absolute Gasteiger partial charge is 0.493 e. The molecule has 3 rings (SSSR count). The Labute approximate surface area is 165 Å². The number of hydrogen-bond acceptors (Lipinski definition) is 6. The third kappa shape index (κ3) is 4.17. The summed E-state index contributed by atoms with van der Waals surface area (Å²) in [6.45, 7) is 1.43. The number of imide groups is 1. The molecule has 1 saturated heterocycles. The molecule has 1 aliphatic rings. The lowest BCUT2D eigenvalue weighted by Crippen LogP contribution is -2.27. The molecule has 144 valence electrons. The predicted octanol–water partition coefficient (Wildman–Crippen LogP) is 3.71. The fourth-order valence-corrected chi connectivity index (χ4v) is 3.41. The first kappa shape index (κ1) is 19.5. The number of anilines is 1. The van der Waals surface area contributed by atoms with E-state index in [1.165, 1.54) is 7.11 Å². The number of hydrogen-bond donors (Lipinski definition) is 1. The van der Waals surface area contributed by atoms with Crippen LogP contribution in [0.3, 0.4) is 0 Å². The van der Waals surface area contributed by atoms with Crippen LogP contribution in [-0.4, -0.2) is 35.9 Å². The fraction of sp³-hybridized carbons (Fsp3) is 0.150. The molecule has 8 heteroatoms. The van der Waals surface area contributed by atoms with Gasteiger partial charge in [0.25, 0.3) is 11.1 Å². The molecule has 28 heavy (non-hydrogen) atoms. The molecule has 0 unspecified atom stereocenters. The molecule has 0 atom stereocenters. The minimum Gasteiger partial charge on any atom is -0.493 e. The average molecular weight is 399 g/mol. The number of amides is 2. The van der Waals surface area contributed by atoms with Gasteiger partial charge in [-0.15, -0.1) is 0 Å². The van der Waals surface area contributed by atoms with Crippen LogP contribution in [0.5, 0.6) is 11.5 Å². The number of ether oxygens (including phenoxy) is 2. The Bertz CT molecular complexity index is 967. The first-order valence-corrected chi connectivity index (χ1v) is 9.08. The van der Waals surface area contributed by atoms with Crippen LogP contribution in [-0.2, 0) is 9.59 Å². The zero-order valence-corrected chi connectivity index (χ0v) is 16.0. The van der Waals surface area contributed by atoms with Crippen LogP contribution in [0.2, 0.25) is 0 Å². The molecular weight excluding hydrogens is 382 g/mol. The van der Waals surface area contributed by atoms with Crippen LogP contribution >= 0.6 is 11.8 Å². The van der Waals surface area contributed by atoms with E-state index in [1.54, 1.807) is 36.4 Å². The number of benzene rings is 2. The van der Waals surface area contributed by atoms with Crippen molar-refractivity contribution >= 4 is 40.6 Å². The van der Waals surface area contributed by atoms with Gasteiger partial charge in [0, 0.05) is 0 Å². The summed E-state index contributed by atoms with van der Waals surface area (Å²) in [6.07, 6.45) is 1.59. The van der Waals surface area contributed by atoms with Crippen molar-refractivity contribution in [3.05, 3.63) is 58.5 Å². The van der Waals surface area contributed by atoms with Gasteiger partial charge < -0.3 is 14.6 Å². The van der Waals surface area contributed by atoms with E-state index in [4.69, 9.17) is 14.6 Å². The highest BCUT2D eigenvalue weighted by atomic mass is 32.2. The van der Waals surface area contributed by atoms with Gasteiger partial charge in [-0.2, -0.15) is 0 Å². The van der Waals surface area contributed by atoms with E-state index < -0.39 is 18.5 Å². The highest BCUT2D eigenvalue weighted by molar-refractivity contribution is 8.19. The smallest absolute Gasteiger partial charge is 0.341 e. The van der Waals surface area contributed by atoms with E-state index in [-0.39, 0.29) is 15.9 Å². The predicted molar refractivity (Wildman–Crippen MR) is 106 cm³/mol. The first-order valence-electron chi connectivity index (χ1n) is 8.26. The van der Waals surface area contributed by atoms with Gasteiger partial charge in [-0.25, -0.2) is 9.69 Å². The van der Waals surface area contributed by atoms with Gasteiger partial charge in [0.1, 0.15) is 0 Å². The molecule has 1 N–H and O–H groups in total. The number of carbonyl (C=O) groups excluding carboxylic acids is 2. The van der Waals surface area contributed by atoms with Gasteiger partial charge >= 0.3 is 5.97 Å². The molecule has 0 aliphatic carbocycles. The van der Waals surface area contributed by atoms with Gasteiger partial charge in [0.2, 0.25) is 0 Å². The molecule has 0 radical (unpaired) electrons. The molecule has 1 heterocycles. The Kier molecular flexibility index (Phi) is 5.70. The van der Waals surface area contributed by atoms with Crippen LogP contribution in [0.1, 0.15) is 11.1 Å². The van der Waals surface area contributed by atoms with E-state index in [1.807, 2.05) is 19.1 Å². The standard InChI is InChI=1S/C20H17NO6S/c1-12-3-6-14(7-4-12)21-19(24)17(28-20(21)25)10-13-5-8-15(16(9-13)26-2)27-11-18(22)23/h3-10H,11H2,1-2H3,(H,22,23)/b17-10+. The van der Waals surface area contributed by atoms with E-state index >= 15 is 0 Å². The number of carboxylic acids is 1. The Morgan fingerprint density at radius 2 is 1.86 bits per heavy atom. The van der Waals surface area contributed by atoms with Crippen molar-refractivity contribution in [2.45, 2.75) is 6.92 Å². The lowest BCUT2D eigenvalue weighted by molar-refractivity contribution is -0.139. The summed E-state index contributed by atoms with van der Waals surface area (Å²) >= 11 is 0.856. The Hall–Kier alpha value is -3.26. The number of aryl methyl sites for hydroxylation is 1. The number of carboxylic acid groups (broad SMARTS) is 1. The molecule has 1 fully saturated rings. The van der Waals surface area contributed by atoms with Crippen molar-refractivity contribution in [3.63, 3.8) is 0 Å². The highest BCUT2D eigenvalue weighted by Gasteiger charge is 2.36. The first-order chi connectivity index (χ1) is 13.4. The molecule has 0 bridgehead atoms. The third-order valence-corrected chi connectivity index (χ3v) is 4.79. The molecule has 2 aromatic carbocycles. The van der Waals surface area contributed by atoms with Crippen molar-refractivity contribution < 1.29 is 29.0 Å². The number of carbonyl (C=O) groups is 3. The molecule has 7 nitrogen and oxygen atoms in total. The van der Waals surface area contributed by atoms with E-state index in [0.717, 1.165) is 22.2 Å². The molecular formula is C20H17NO6S. The summed E-state index contributed by atoms with van der Waals surface area (Å²) in [5.41, 5.74) is 2.17. The molecule has 1 aliphatic heterocycles. The summed E-state index contributed by atoms with van der Waals surface area (Å²) in [6, 6.07) is 11.9. The van der Waals surface area contributed by atoms with E-state index in [0.29, 0.717) is 17.0 Å². The van der Waals surface area contributed by atoms with Crippen molar-refractivity contribution in [2.24, 2.45) is 0 Å². The second-order valence-corrected chi connectivity index (χ2v) is 6.94. The normalized spacial score (nSPS) is 15.2. The molecule has 0 spiro atoms. The maximum atomic E-state index is 12.7. The number of nitrogens with zero attached hydrogens (tertiary/aromatic N) is 1. The summed E-state index contributed by atoms with van der Waals surface area (Å²) in [4.78, 5) is 37.1. The Balaban J connectivity index is 1.85. The zero-order valence-electron chi connectivity index (χ0n) is 15.2. The lowest BCUT2D eigenvalue weighted by Gasteiger charge is -2.12. The molecule has 2 amide bonds. The maximum Gasteiger partial charge on any atom is 0.341 e. The van der Waals surface area contributed by atoms with Crippen molar-refractivity contribution in [3.8, 4) is 11.5 Å². The SMILES string of the molecule is COc1cc(/C=C2/SC(=O)N(c3ccc(C)cc3)C2=O)ccc1OCC(=O)O. The number of rotatable bonds is 6. The quantitative estimate of drug-likeness (QED) is 0.740. The van der Waals surface area contributed by atoms with Crippen LogP contribution in [0.15, 0.2) is 47.4 Å². The van der Waals surface area contributed by atoms with Gasteiger partial charge in [-0.1, -0.05) is 23.8 Å². The molecule has 0 saturated carbocycles. The Morgan fingerprint density at radius 1 is 1.14 bits per heavy atom. The van der Waals surface area contributed by atoms with Gasteiger partial charge in [0.05, 0.1) is 17.7 Å². The Morgan fingerprint density at radius 3 is 2.50 bits per heavy atom. The highest BCUT2D eigenvalue weighted by Crippen LogP contribution is 2.37. The van der Waals surface area contributed by atoms with Crippen LogP contribution in [0, 0.1) is 6.92 Å². The van der Waals surface area contributed by atoms with Crippen molar-refractivity contribution in [1.82, 2.24) is 0 Å². The zero-order chi connectivity index (χ0) is 20.3. The van der Waals surface area contributed by atoms with Crippen molar-refractivity contribution in [2.75, 3.05) is 18.6 Å². The van der Waals surface area contributed by atoms with Gasteiger partial charge in [-0.05, 0) is 54.6 Å². The van der Waals surface area contributed by atoms with Crippen LogP contribution in [0.25, 0.3) is 6.08 Å².